The Labute approximate surface area is 231 Å². The van der Waals surface area contributed by atoms with Crippen molar-refractivity contribution in [2.75, 3.05) is 11.9 Å². The molecule has 1 aliphatic heterocycles. The van der Waals surface area contributed by atoms with Gasteiger partial charge in [0.2, 0.25) is 0 Å². The summed E-state index contributed by atoms with van der Waals surface area (Å²) in [4.78, 5) is 8.83. The number of halogens is 3. The van der Waals surface area contributed by atoms with Gasteiger partial charge in [0.1, 0.15) is 11.9 Å². The van der Waals surface area contributed by atoms with Gasteiger partial charge in [0.05, 0.1) is 54.8 Å². The quantitative estimate of drug-likeness (QED) is 0.226. The van der Waals surface area contributed by atoms with E-state index in [-0.39, 0.29) is 10.9 Å². The minimum atomic E-state index is -0.524. The Morgan fingerprint density at radius 2 is 1.97 bits per heavy atom. The predicted octanol–water partition coefficient (Wildman–Crippen LogP) is 8.58. The minimum Gasteiger partial charge on any atom is -0.354 e. The zero-order valence-corrected chi connectivity index (χ0v) is 21.9. The van der Waals surface area contributed by atoms with Gasteiger partial charge in [0, 0.05) is 23.2 Å². The molecule has 0 spiro atoms. The first-order valence-corrected chi connectivity index (χ1v) is 13.3. The van der Waals surface area contributed by atoms with Crippen molar-refractivity contribution in [2.45, 2.75) is 12.3 Å². The second-order valence-electron chi connectivity index (χ2n) is 8.78. The number of thiazole rings is 1. The van der Waals surface area contributed by atoms with E-state index in [0.717, 1.165) is 27.0 Å². The number of anilines is 2. The number of pyridine rings is 1. The van der Waals surface area contributed by atoms with Crippen LogP contribution in [0.5, 0.6) is 0 Å². The number of aromatic nitrogens is 2. The normalized spacial score (nSPS) is 13.6. The van der Waals surface area contributed by atoms with Gasteiger partial charge in [0.25, 0.3) is 0 Å². The summed E-state index contributed by atoms with van der Waals surface area (Å²) in [5.41, 5.74) is 7.67. The Bertz CT molecular complexity index is 1820. The van der Waals surface area contributed by atoms with Gasteiger partial charge in [-0.3, -0.25) is 4.98 Å². The molecular formula is C28H17Cl2FN6S. The standard InChI is InChI=1S/C28H17Cl2FN6S/c29-21-11-18(2-3-23(21)31)36-27-17(12-32)13-33-28-20(27)8-15(9-22(28)30)7-19(24-5-6-35-37-24)16-1-4-25-26(10-16)38-14-34-25/h1-5,8-11,13-14,19H,6-7H2,(H,33,36)/t19-/m0/s1. The van der Waals surface area contributed by atoms with Crippen LogP contribution in [0.4, 0.5) is 15.8 Å². The third-order valence-corrected chi connectivity index (χ3v) is 7.79. The highest BCUT2D eigenvalue weighted by Crippen LogP contribution is 2.38. The van der Waals surface area contributed by atoms with E-state index >= 15 is 0 Å². The van der Waals surface area contributed by atoms with Crippen LogP contribution in [-0.2, 0) is 6.42 Å². The molecule has 5 aromatic rings. The van der Waals surface area contributed by atoms with Crippen molar-refractivity contribution in [1.29, 1.82) is 5.26 Å². The molecule has 6 nitrogen and oxygen atoms in total. The zero-order chi connectivity index (χ0) is 26.2. The molecule has 0 aliphatic carbocycles. The summed E-state index contributed by atoms with van der Waals surface area (Å²) in [6, 6.07) is 16.6. The van der Waals surface area contributed by atoms with Crippen LogP contribution in [0, 0.1) is 17.1 Å². The zero-order valence-electron chi connectivity index (χ0n) is 19.6. The Hall–Kier alpha value is -3.90. The molecule has 2 aromatic heterocycles. The number of hydrogen-bond donors (Lipinski definition) is 1. The van der Waals surface area contributed by atoms with E-state index in [1.165, 1.54) is 18.3 Å². The van der Waals surface area contributed by atoms with E-state index in [2.05, 4.69) is 43.7 Å². The maximum atomic E-state index is 13.7. The van der Waals surface area contributed by atoms with Crippen molar-refractivity contribution >= 4 is 67.0 Å². The molecule has 6 rings (SSSR count). The Morgan fingerprint density at radius 1 is 1.08 bits per heavy atom. The summed E-state index contributed by atoms with van der Waals surface area (Å²) in [5.74, 6) is -0.579. The lowest BCUT2D eigenvalue weighted by atomic mass is 9.88. The number of azo groups is 1. The molecule has 0 fully saturated rings. The molecule has 0 bridgehead atoms. The average Bonchev–Trinajstić information content (AvgIpc) is 3.62. The number of nitriles is 1. The van der Waals surface area contributed by atoms with Gasteiger partial charge in [-0.15, -0.1) is 11.3 Å². The Morgan fingerprint density at radius 3 is 2.76 bits per heavy atom. The highest BCUT2D eigenvalue weighted by molar-refractivity contribution is 7.16. The summed E-state index contributed by atoms with van der Waals surface area (Å²) in [6.07, 6.45) is 4.10. The van der Waals surface area contributed by atoms with E-state index in [9.17, 15) is 9.65 Å². The Balaban J connectivity index is 1.45. The number of benzene rings is 3. The van der Waals surface area contributed by atoms with Crippen LogP contribution in [0.3, 0.4) is 0 Å². The van der Waals surface area contributed by atoms with E-state index in [1.807, 2.05) is 29.8 Å². The van der Waals surface area contributed by atoms with E-state index in [4.69, 9.17) is 23.2 Å². The van der Waals surface area contributed by atoms with Crippen LogP contribution in [0.25, 0.3) is 21.1 Å². The van der Waals surface area contributed by atoms with Crippen molar-refractivity contribution < 1.29 is 4.39 Å². The number of nitrogens with zero attached hydrogens (tertiary/aromatic N) is 5. The van der Waals surface area contributed by atoms with Crippen molar-refractivity contribution in [3.8, 4) is 6.07 Å². The van der Waals surface area contributed by atoms with Crippen LogP contribution < -0.4 is 5.32 Å². The fourth-order valence-electron chi connectivity index (χ4n) is 4.60. The molecule has 0 amide bonds. The molecule has 1 aliphatic rings. The molecular weight excluding hydrogens is 542 g/mol. The van der Waals surface area contributed by atoms with Crippen LogP contribution >= 0.6 is 34.5 Å². The predicted molar refractivity (Wildman–Crippen MR) is 150 cm³/mol. The first kappa shape index (κ1) is 24.4. The van der Waals surface area contributed by atoms with Crippen LogP contribution in [0.2, 0.25) is 10.0 Å². The second-order valence-corrected chi connectivity index (χ2v) is 10.5. The fraction of sp³-hybridized carbons (Fsp3) is 0.107. The highest BCUT2D eigenvalue weighted by Gasteiger charge is 2.22. The van der Waals surface area contributed by atoms with E-state index < -0.39 is 5.82 Å². The van der Waals surface area contributed by atoms with E-state index in [1.54, 1.807) is 17.4 Å². The lowest BCUT2D eigenvalue weighted by Gasteiger charge is -2.18. The molecule has 1 atom stereocenters. The maximum absolute atomic E-state index is 13.7. The number of hydrogen-bond acceptors (Lipinski definition) is 7. The fourth-order valence-corrected chi connectivity index (χ4v) is 5.79. The largest absolute Gasteiger partial charge is 0.354 e. The molecule has 1 N–H and O–H groups in total. The van der Waals surface area contributed by atoms with Crippen molar-refractivity contribution in [3.05, 3.63) is 105 Å². The summed E-state index contributed by atoms with van der Waals surface area (Å²) < 4.78 is 14.8. The average molecular weight is 559 g/mol. The number of rotatable bonds is 6. The molecule has 0 saturated carbocycles. The lowest BCUT2D eigenvalue weighted by Crippen LogP contribution is -2.06. The first-order chi connectivity index (χ1) is 18.5. The van der Waals surface area contributed by atoms with Crippen molar-refractivity contribution in [3.63, 3.8) is 0 Å². The molecule has 3 aromatic carbocycles. The number of nitrogens with one attached hydrogen (secondary N) is 1. The molecule has 10 heteroatoms. The van der Waals surface area contributed by atoms with Gasteiger partial charge in [0.15, 0.2) is 0 Å². The molecule has 38 heavy (non-hydrogen) atoms. The molecule has 0 unspecified atom stereocenters. The number of fused-ring (bicyclic) bond motifs is 2. The van der Waals surface area contributed by atoms with Gasteiger partial charge < -0.3 is 5.32 Å². The van der Waals surface area contributed by atoms with Crippen molar-refractivity contribution in [1.82, 2.24) is 9.97 Å². The van der Waals surface area contributed by atoms with Gasteiger partial charge in [-0.1, -0.05) is 29.3 Å². The lowest BCUT2D eigenvalue weighted by molar-refractivity contribution is 0.628. The number of allylic oxidation sites excluding steroid dienone is 1. The molecule has 3 heterocycles. The second kappa shape index (κ2) is 10.1. The smallest absolute Gasteiger partial charge is 0.141 e. The molecule has 186 valence electrons. The summed E-state index contributed by atoms with van der Waals surface area (Å²) in [7, 11) is 0. The topological polar surface area (TPSA) is 86.3 Å². The monoisotopic (exact) mass is 558 g/mol. The van der Waals surface area contributed by atoms with Gasteiger partial charge in [-0.25, -0.2) is 9.37 Å². The maximum Gasteiger partial charge on any atom is 0.141 e. The molecule has 0 radical (unpaired) electrons. The first-order valence-electron chi connectivity index (χ1n) is 11.6. The summed E-state index contributed by atoms with van der Waals surface area (Å²) in [5, 5.41) is 22.7. The van der Waals surface area contributed by atoms with Gasteiger partial charge >= 0.3 is 0 Å². The third-order valence-electron chi connectivity index (χ3n) is 6.42. The Kier molecular flexibility index (Phi) is 6.50. The molecule has 0 saturated heterocycles. The minimum absolute atomic E-state index is 0.0228. The summed E-state index contributed by atoms with van der Waals surface area (Å²) in [6.45, 7) is 0.552. The van der Waals surface area contributed by atoms with Crippen molar-refractivity contribution in [2.24, 2.45) is 10.2 Å². The van der Waals surface area contributed by atoms with Gasteiger partial charge in [-0.2, -0.15) is 15.5 Å². The van der Waals surface area contributed by atoms with E-state index in [0.29, 0.717) is 45.8 Å². The summed E-state index contributed by atoms with van der Waals surface area (Å²) >= 11 is 14.3. The van der Waals surface area contributed by atoms with Crippen LogP contribution in [0.15, 0.2) is 82.2 Å². The third kappa shape index (κ3) is 4.61. The van der Waals surface area contributed by atoms with Crippen LogP contribution in [-0.4, -0.2) is 16.5 Å². The van der Waals surface area contributed by atoms with Crippen LogP contribution in [0.1, 0.15) is 22.6 Å². The SMILES string of the molecule is N#Cc1cnc2c(Cl)cc(C[C@H](C3=CCN=N3)c3ccc4ncsc4c3)cc2c1Nc1ccc(F)c(Cl)c1. The highest BCUT2D eigenvalue weighted by atomic mass is 35.5. The van der Waals surface area contributed by atoms with Gasteiger partial charge in [-0.05, 0) is 66.1 Å².